The normalized spacial score (nSPS) is 17.6. The van der Waals surface area contributed by atoms with Crippen LogP contribution in [0.2, 0.25) is 0 Å². The Kier molecular flexibility index (Phi) is 5.62. The Hall–Kier alpha value is -3.97. The van der Waals surface area contributed by atoms with E-state index in [0.717, 1.165) is 28.3 Å². The molecule has 164 valence electrons. The van der Waals surface area contributed by atoms with Gasteiger partial charge in [-0.15, -0.1) is 0 Å². The number of rotatable bonds is 5. The number of anilines is 2. The first-order valence-electron chi connectivity index (χ1n) is 10.7. The molecule has 0 spiro atoms. The van der Waals surface area contributed by atoms with Gasteiger partial charge in [-0.1, -0.05) is 24.3 Å². The molecule has 33 heavy (non-hydrogen) atoms. The molecule has 5 rings (SSSR count). The van der Waals surface area contributed by atoms with Gasteiger partial charge < -0.3 is 20.1 Å². The van der Waals surface area contributed by atoms with Crippen LogP contribution in [0.5, 0.6) is 0 Å². The number of nitrogens with one attached hydrogen (secondary N) is 2. The zero-order chi connectivity index (χ0) is 22.8. The second-order valence-electron chi connectivity index (χ2n) is 7.91. The van der Waals surface area contributed by atoms with Gasteiger partial charge in [0.25, 0.3) is 0 Å². The number of aromatic nitrogens is 2. The summed E-state index contributed by atoms with van der Waals surface area (Å²) in [6.45, 7) is 1.50. The second kappa shape index (κ2) is 8.88. The van der Waals surface area contributed by atoms with Gasteiger partial charge in [0.1, 0.15) is 0 Å². The third kappa shape index (κ3) is 4.23. The highest BCUT2D eigenvalue weighted by atomic mass is 32.1. The van der Waals surface area contributed by atoms with Gasteiger partial charge in [0.15, 0.2) is 5.11 Å². The summed E-state index contributed by atoms with van der Waals surface area (Å²) in [4.78, 5) is 18.1. The van der Waals surface area contributed by atoms with Crippen LogP contribution in [0, 0.1) is 0 Å². The average molecular weight is 454 g/mol. The van der Waals surface area contributed by atoms with Crippen molar-refractivity contribution in [2.75, 3.05) is 10.2 Å². The zero-order valence-electron chi connectivity index (χ0n) is 18.1. The van der Waals surface area contributed by atoms with Crippen molar-refractivity contribution in [1.82, 2.24) is 14.9 Å². The Morgan fingerprint density at radius 1 is 0.970 bits per heavy atom. The molecule has 1 aliphatic heterocycles. The Morgan fingerprint density at radius 3 is 2.42 bits per heavy atom. The largest absolute Gasteiger partial charge is 0.351 e. The van der Waals surface area contributed by atoms with E-state index in [-0.39, 0.29) is 18.0 Å². The number of carbonyl (C=O) groups is 1. The lowest BCUT2D eigenvalue weighted by atomic mass is 9.98. The van der Waals surface area contributed by atoms with Gasteiger partial charge in [-0.05, 0) is 72.4 Å². The number of thiocarbonyl (C=S) groups is 1. The lowest BCUT2D eigenvalue weighted by Gasteiger charge is -2.27. The maximum Gasteiger partial charge on any atom is 0.221 e. The van der Waals surface area contributed by atoms with Crippen LogP contribution in [0.1, 0.15) is 30.3 Å². The van der Waals surface area contributed by atoms with E-state index in [1.165, 1.54) is 6.92 Å². The smallest absolute Gasteiger partial charge is 0.221 e. The molecule has 7 heteroatoms. The molecule has 1 aliphatic rings. The standard InChI is InChI=1S/C26H23N5OS/c1-18(32)28-20-10-12-22(13-11-20)31-25(24(29-26(31)33)23-9-5-6-15-27-23)19-14-16-30(17-19)21-7-3-2-4-8-21/h2-17,24-25H,1H3,(H,28,32)(H,29,33)/t24-,25+/m0/s1. The molecule has 1 amide bonds. The monoisotopic (exact) mass is 453 g/mol. The molecule has 3 heterocycles. The molecule has 0 aliphatic carbocycles. The third-order valence-corrected chi connectivity index (χ3v) is 5.99. The molecular formula is C26H23N5OS. The van der Waals surface area contributed by atoms with Gasteiger partial charge in [0.2, 0.25) is 5.91 Å². The summed E-state index contributed by atoms with van der Waals surface area (Å²) >= 11 is 5.79. The third-order valence-electron chi connectivity index (χ3n) is 5.68. The molecule has 0 unspecified atom stereocenters. The highest BCUT2D eigenvalue weighted by Crippen LogP contribution is 2.42. The molecule has 0 bridgehead atoms. The van der Waals surface area contributed by atoms with Gasteiger partial charge in [-0.2, -0.15) is 0 Å². The molecule has 2 N–H and O–H groups in total. The fourth-order valence-corrected chi connectivity index (χ4v) is 4.58. The summed E-state index contributed by atoms with van der Waals surface area (Å²) in [5.74, 6) is -0.101. The SMILES string of the molecule is CC(=O)Nc1ccc(N2C(=S)N[C@@H](c3ccccn3)[C@H]2c2ccn(-c3ccccc3)c2)cc1. The molecule has 2 aromatic carbocycles. The summed E-state index contributed by atoms with van der Waals surface area (Å²) in [5.41, 5.74) is 4.83. The van der Waals surface area contributed by atoms with Crippen LogP contribution in [0.4, 0.5) is 11.4 Å². The summed E-state index contributed by atoms with van der Waals surface area (Å²) in [6, 6.07) is 25.8. The van der Waals surface area contributed by atoms with Crippen molar-refractivity contribution in [2.45, 2.75) is 19.0 Å². The van der Waals surface area contributed by atoms with E-state index < -0.39 is 0 Å². The van der Waals surface area contributed by atoms with Crippen molar-refractivity contribution in [3.05, 3.63) is 109 Å². The number of benzene rings is 2. The molecule has 2 aromatic heterocycles. The predicted molar refractivity (Wildman–Crippen MR) is 134 cm³/mol. The quantitative estimate of drug-likeness (QED) is 0.416. The van der Waals surface area contributed by atoms with Crippen LogP contribution in [0.25, 0.3) is 5.69 Å². The van der Waals surface area contributed by atoms with Crippen molar-refractivity contribution in [3.8, 4) is 5.69 Å². The highest BCUT2D eigenvalue weighted by Gasteiger charge is 2.41. The van der Waals surface area contributed by atoms with Crippen molar-refractivity contribution in [3.63, 3.8) is 0 Å². The Balaban J connectivity index is 1.55. The predicted octanol–water partition coefficient (Wildman–Crippen LogP) is 5.01. The van der Waals surface area contributed by atoms with Crippen LogP contribution < -0.4 is 15.5 Å². The Labute approximate surface area is 197 Å². The zero-order valence-corrected chi connectivity index (χ0v) is 18.9. The van der Waals surface area contributed by atoms with Crippen LogP contribution in [-0.2, 0) is 4.79 Å². The summed E-state index contributed by atoms with van der Waals surface area (Å²) in [7, 11) is 0. The number of nitrogens with zero attached hydrogens (tertiary/aromatic N) is 3. The van der Waals surface area contributed by atoms with Gasteiger partial charge in [-0.25, -0.2) is 0 Å². The number of hydrogen-bond acceptors (Lipinski definition) is 3. The molecular weight excluding hydrogens is 430 g/mol. The first-order valence-corrected chi connectivity index (χ1v) is 11.1. The number of hydrogen-bond donors (Lipinski definition) is 2. The summed E-state index contributed by atoms with van der Waals surface area (Å²) in [6.07, 6.45) is 6.01. The van der Waals surface area contributed by atoms with Crippen LogP contribution in [0.15, 0.2) is 97.5 Å². The molecule has 1 saturated heterocycles. The molecule has 1 fully saturated rings. The molecule has 0 radical (unpaired) electrons. The molecule has 6 nitrogen and oxygen atoms in total. The van der Waals surface area contributed by atoms with E-state index in [4.69, 9.17) is 12.2 Å². The van der Waals surface area contributed by atoms with Gasteiger partial charge >= 0.3 is 0 Å². The van der Waals surface area contributed by atoms with Gasteiger partial charge in [0.05, 0.1) is 17.8 Å². The van der Waals surface area contributed by atoms with Crippen molar-refractivity contribution in [2.24, 2.45) is 0 Å². The van der Waals surface area contributed by atoms with E-state index in [1.807, 2.05) is 60.7 Å². The lowest BCUT2D eigenvalue weighted by molar-refractivity contribution is -0.114. The van der Waals surface area contributed by atoms with Crippen molar-refractivity contribution >= 4 is 34.6 Å². The first kappa shape index (κ1) is 20.9. The first-order chi connectivity index (χ1) is 16.1. The Bertz CT molecular complexity index is 1270. The van der Waals surface area contributed by atoms with Gasteiger partial charge in [-0.3, -0.25) is 9.78 Å². The van der Waals surface area contributed by atoms with Crippen molar-refractivity contribution < 1.29 is 4.79 Å². The lowest BCUT2D eigenvalue weighted by Crippen LogP contribution is -2.29. The maximum atomic E-state index is 11.4. The van der Waals surface area contributed by atoms with Gasteiger partial charge in [0, 0.05) is 42.6 Å². The Morgan fingerprint density at radius 2 is 1.73 bits per heavy atom. The number of amides is 1. The van der Waals surface area contributed by atoms with E-state index in [0.29, 0.717) is 5.11 Å². The fourth-order valence-electron chi connectivity index (χ4n) is 4.23. The fraction of sp³-hybridized carbons (Fsp3) is 0.115. The summed E-state index contributed by atoms with van der Waals surface area (Å²) < 4.78 is 2.12. The van der Waals surface area contributed by atoms with E-state index >= 15 is 0 Å². The minimum Gasteiger partial charge on any atom is -0.351 e. The topological polar surface area (TPSA) is 62.2 Å². The van der Waals surface area contributed by atoms with Crippen LogP contribution in [0.3, 0.4) is 0 Å². The average Bonchev–Trinajstić information content (AvgIpc) is 3.45. The maximum absolute atomic E-state index is 11.4. The number of carbonyl (C=O) groups excluding carboxylic acids is 1. The van der Waals surface area contributed by atoms with E-state index in [1.54, 1.807) is 6.20 Å². The minimum absolute atomic E-state index is 0.0935. The minimum atomic E-state index is -0.111. The number of pyridine rings is 1. The van der Waals surface area contributed by atoms with E-state index in [9.17, 15) is 4.79 Å². The van der Waals surface area contributed by atoms with E-state index in [2.05, 4.69) is 55.7 Å². The molecule has 2 atom stereocenters. The summed E-state index contributed by atoms with van der Waals surface area (Å²) in [5, 5.41) is 6.93. The molecule has 0 saturated carbocycles. The highest BCUT2D eigenvalue weighted by molar-refractivity contribution is 7.80. The molecule has 4 aromatic rings. The second-order valence-corrected chi connectivity index (χ2v) is 8.30. The van der Waals surface area contributed by atoms with Crippen LogP contribution in [-0.4, -0.2) is 20.6 Å². The van der Waals surface area contributed by atoms with Crippen LogP contribution >= 0.6 is 12.2 Å². The van der Waals surface area contributed by atoms with Crippen molar-refractivity contribution in [1.29, 1.82) is 0 Å². The number of para-hydroxylation sites is 1.